The van der Waals surface area contributed by atoms with E-state index in [0.29, 0.717) is 5.92 Å². The van der Waals surface area contributed by atoms with Gasteiger partial charge in [-0.1, -0.05) is 12.2 Å². The zero-order chi connectivity index (χ0) is 12.7. The second-order valence-corrected chi connectivity index (χ2v) is 4.90. The van der Waals surface area contributed by atoms with E-state index in [1.807, 2.05) is 6.08 Å². The molecule has 1 aromatic rings. The highest BCUT2D eigenvalue weighted by Crippen LogP contribution is 2.50. The number of hydrogen-bond acceptors (Lipinski definition) is 2. The number of benzene rings is 1. The Morgan fingerprint density at radius 2 is 1.89 bits per heavy atom. The van der Waals surface area contributed by atoms with Crippen LogP contribution in [0.5, 0.6) is 5.75 Å². The first-order valence-electron chi connectivity index (χ1n) is 5.96. The van der Waals surface area contributed by atoms with Gasteiger partial charge in [-0.3, -0.25) is 4.79 Å². The van der Waals surface area contributed by atoms with E-state index in [9.17, 15) is 13.6 Å². The van der Waals surface area contributed by atoms with Gasteiger partial charge in [0.2, 0.25) is 0 Å². The lowest BCUT2D eigenvalue weighted by molar-refractivity contribution is -0.120. The lowest BCUT2D eigenvalue weighted by Gasteiger charge is -2.20. The van der Waals surface area contributed by atoms with Gasteiger partial charge in [-0.15, -0.1) is 0 Å². The first-order valence-corrected chi connectivity index (χ1v) is 5.96. The summed E-state index contributed by atoms with van der Waals surface area (Å²) in [6, 6.07) is 2.14. The maximum Gasteiger partial charge on any atom is 0.298 e. The summed E-state index contributed by atoms with van der Waals surface area (Å²) < 4.78 is 32.4. The highest BCUT2D eigenvalue weighted by atomic mass is 19.1. The Labute approximate surface area is 103 Å². The van der Waals surface area contributed by atoms with E-state index in [0.717, 1.165) is 25.0 Å². The van der Waals surface area contributed by atoms with Crippen LogP contribution in [0.1, 0.15) is 24.3 Å². The van der Waals surface area contributed by atoms with E-state index in [1.165, 1.54) is 0 Å². The van der Waals surface area contributed by atoms with Gasteiger partial charge < -0.3 is 4.74 Å². The number of carbonyl (C=O) groups excluding carboxylic acids is 1. The van der Waals surface area contributed by atoms with Crippen molar-refractivity contribution in [3.05, 3.63) is 41.5 Å². The number of ether oxygens (including phenoxy) is 1. The first-order chi connectivity index (χ1) is 8.69. The Morgan fingerprint density at radius 3 is 2.39 bits per heavy atom. The van der Waals surface area contributed by atoms with Gasteiger partial charge in [0.1, 0.15) is 17.4 Å². The Hall–Kier alpha value is -1.71. The minimum atomic E-state index is -0.627. The molecule has 3 atom stereocenters. The summed E-state index contributed by atoms with van der Waals surface area (Å²) in [4.78, 5) is 10.2. The van der Waals surface area contributed by atoms with Crippen LogP contribution in [-0.4, -0.2) is 6.47 Å². The molecule has 0 aromatic heterocycles. The molecule has 0 saturated heterocycles. The van der Waals surface area contributed by atoms with Crippen LogP contribution in [0.15, 0.2) is 24.3 Å². The third-order valence-electron chi connectivity index (χ3n) is 3.89. The minimum Gasteiger partial charge on any atom is -0.429 e. The summed E-state index contributed by atoms with van der Waals surface area (Å²) in [6.45, 7) is 0.161. The highest BCUT2D eigenvalue weighted by molar-refractivity contribution is 5.46. The Morgan fingerprint density at radius 1 is 1.17 bits per heavy atom. The summed E-state index contributed by atoms with van der Waals surface area (Å²) in [6.07, 6.45) is 5.95. The van der Waals surface area contributed by atoms with Gasteiger partial charge in [-0.05, 0) is 30.6 Å². The number of rotatable bonds is 3. The fraction of sp³-hybridized carbons (Fsp3) is 0.357. The summed E-state index contributed by atoms with van der Waals surface area (Å²) >= 11 is 0. The van der Waals surface area contributed by atoms with Crippen molar-refractivity contribution in [1.29, 1.82) is 0 Å². The second kappa shape index (κ2) is 4.19. The molecule has 94 valence electrons. The maximum atomic E-state index is 14.0. The van der Waals surface area contributed by atoms with E-state index in [-0.39, 0.29) is 29.6 Å². The van der Waals surface area contributed by atoms with Crippen LogP contribution in [0.4, 0.5) is 8.78 Å². The largest absolute Gasteiger partial charge is 0.429 e. The first kappa shape index (κ1) is 11.4. The molecule has 4 heteroatoms. The fourth-order valence-corrected chi connectivity index (χ4v) is 3.15. The molecule has 2 aliphatic carbocycles. The molecule has 18 heavy (non-hydrogen) atoms. The maximum absolute atomic E-state index is 14.0. The molecule has 1 saturated carbocycles. The van der Waals surface area contributed by atoms with Gasteiger partial charge in [0, 0.05) is 17.7 Å². The molecule has 1 fully saturated rings. The minimum absolute atomic E-state index is 0.0923. The molecule has 0 aliphatic heterocycles. The van der Waals surface area contributed by atoms with Crippen molar-refractivity contribution < 1.29 is 18.3 Å². The van der Waals surface area contributed by atoms with Gasteiger partial charge in [0.15, 0.2) is 0 Å². The number of allylic oxidation sites excluding steroid dienone is 2. The Balaban J connectivity index is 1.97. The monoisotopic (exact) mass is 250 g/mol. The molecule has 3 rings (SSSR count). The van der Waals surface area contributed by atoms with Crippen LogP contribution in [0.2, 0.25) is 0 Å². The third-order valence-corrected chi connectivity index (χ3v) is 3.89. The van der Waals surface area contributed by atoms with Gasteiger partial charge in [0.05, 0.1) is 0 Å². The van der Waals surface area contributed by atoms with E-state index in [2.05, 4.69) is 10.8 Å². The van der Waals surface area contributed by atoms with Gasteiger partial charge >= 0.3 is 0 Å². The average molecular weight is 250 g/mol. The van der Waals surface area contributed by atoms with Gasteiger partial charge in [-0.25, -0.2) is 8.78 Å². The average Bonchev–Trinajstić information content (AvgIpc) is 2.90. The molecule has 0 N–H and O–H groups in total. The Kier molecular flexibility index (Phi) is 2.65. The molecule has 0 amide bonds. The normalized spacial score (nSPS) is 28.7. The van der Waals surface area contributed by atoms with Gasteiger partial charge in [0.25, 0.3) is 6.47 Å². The molecule has 0 radical (unpaired) electrons. The van der Waals surface area contributed by atoms with Crippen LogP contribution in [0.25, 0.3) is 0 Å². The number of halogens is 2. The van der Waals surface area contributed by atoms with E-state index in [4.69, 9.17) is 0 Å². The van der Waals surface area contributed by atoms with Crippen molar-refractivity contribution in [2.45, 2.75) is 18.8 Å². The molecule has 1 aromatic carbocycles. The lowest BCUT2D eigenvalue weighted by atomic mass is 9.86. The lowest BCUT2D eigenvalue weighted by Crippen LogP contribution is -2.10. The Bertz CT molecular complexity index is 502. The van der Waals surface area contributed by atoms with Crippen molar-refractivity contribution in [2.24, 2.45) is 11.8 Å². The summed E-state index contributed by atoms with van der Waals surface area (Å²) in [5.74, 6) is -0.759. The number of carbonyl (C=O) groups is 1. The SMILES string of the molecule is O=COc1cc(F)c(C2CC3C=CC2C3)c(F)c1. The molecule has 3 unspecified atom stereocenters. The van der Waals surface area contributed by atoms with E-state index < -0.39 is 11.6 Å². The smallest absolute Gasteiger partial charge is 0.298 e. The highest BCUT2D eigenvalue weighted by Gasteiger charge is 2.39. The van der Waals surface area contributed by atoms with Crippen molar-refractivity contribution >= 4 is 6.47 Å². The third kappa shape index (κ3) is 1.72. The van der Waals surface area contributed by atoms with E-state index >= 15 is 0 Å². The summed E-state index contributed by atoms with van der Waals surface area (Å²) in [5, 5.41) is 0. The van der Waals surface area contributed by atoms with Crippen LogP contribution >= 0.6 is 0 Å². The predicted molar refractivity (Wildman–Crippen MR) is 61.1 cm³/mol. The molecule has 2 nitrogen and oxygen atoms in total. The van der Waals surface area contributed by atoms with E-state index in [1.54, 1.807) is 0 Å². The molecule has 0 heterocycles. The summed E-state index contributed by atoms with van der Waals surface area (Å²) in [5.41, 5.74) is 0.130. The molecule has 2 aliphatic rings. The van der Waals surface area contributed by atoms with Gasteiger partial charge in [-0.2, -0.15) is 0 Å². The van der Waals surface area contributed by atoms with Crippen LogP contribution in [0.3, 0.4) is 0 Å². The molecular formula is C14H12F2O2. The topological polar surface area (TPSA) is 26.3 Å². The molecular weight excluding hydrogens is 238 g/mol. The zero-order valence-corrected chi connectivity index (χ0v) is 9.61. The fourth-order valence-electron chi connectivity index (χ4n) is 3.15. The number of fused-ring (bicyclic) bond motifs is 2. The van der Waals surface area contributed by atoms with Crippen LogP contribution in [-0.2, 0) is 4.79 Å². The van der Waals surface area contributed by atoms with Crippen molar-refractivity contribution in [3.8, 4) is 5.75 Å². The van der Waals surface area contributed by atoms with Crippen molar-refractivity contribution in [3.63, 3.8) is 0 Å². The summed E-state index contributed by atoms with van der Waals surface area (Å²) in [7, 11) is 0. The second-order valence-electron chi connectivity index (χ2n) is 4.90. The van der Waals surface area contributed by atoms with Crippen molar-refractivity contribution in [1.82, 2.24) is 0 Å². The van der Waals surface area contributed by atoms with Crippen LogP contribution in [0, 0.1) is 23.5 Å². The zero-order valence-electron chi connectivity index (χ0n) is 9.61. The molecule has 2 bridgehead atoms. The van der Waals surface area contributed by atoms with Crippen LogP contribution < -0.4 is 4.74 Å². The standard InChI is InChI=1S/C14H12F2O2/c15-12-5-10(18-7-17)6-13(16)14(12)11-4-8-1-2-9(11)3-8/h1-2,5-9,11H,3-4H2. The van der Waals surface area contributed by atoms with Crippen molar-refractivity contribution in [2.75, 3.05) is 0 Å². The molecule has 0 spiro atoms. The number of hydrogen-bond donors (Lipinski definition) is 0. The predicted octanol–water partition coefficient (Wildman–Crippen LogP) is 3.18. The quantitative estimate of drug-likeness (QED) is 0.608.